The highest BCUT2D eigenvalue weighted by Crippen LogP contribution is 2.32. The molecule has 0 saturated carbocycles. The van der Waals surface area contributed by atoms with Gasteiger partial charge in [0, 0.05) is 6.04 Å². The Kier molecular flexibility index (Phi) is 3.83. The van der Waals surface area contributed by atoms with Gasteiger partial charge in [0.25, 0.3) is 0 Å². The van der Waals surface area contributed by atoms with E-state index in [1.165, 1.54) is 12.0 Å². The number of aryl methyl sites for hydroxylation is 1. The molecule has 2 heterocycles. The van der Waals surface area contributed by atoms with Crippen LogP contribution in [0.2, 0.25) is 0 Å². The van der Waals surface area contributed by atoms with Gasteiger partial charge in [-0.25, -0.2) is 0 Å². The fourth-order valence-electron chi connectivity index (χ4n) is 2.12. The van der Waals surface area contributed by atoms with Crippen molar-refractivity contribution in [1.29, 1.82) is 0 Å². The normalized spacial score (nSPS) is 14.4. The highest BCUT2D eigenvalue weighted by Gasteiger charge is 2.13. The van der Waals surface area contributed by atoms with Gasteiger partial charge in [-0.3, -0.25) is 0 Å². The monoisotopic (exact) mass is 275 g/mol. The molecule has 0 radical (unpaired) electrons. The van der Waals surface area contributed by atoms with Gasteiger partial charge in [-0.15, -0.1) is 0 Å². The molecule has 3 rings (SSSR count). The van der Waals surface area contributed by atoms with Crippen LogP contribution in [0.3, 0.4) is 0 Å². The lowest BCUT2D eigenvalue weighted by Gasteiger charge is -2.12. The standard InChI is InChI=1S/C14H17N3O3/c1-10(15-7-14-16-8-20-17-14)2-3-11-4-5-12-13(6-11)19-9-18-12/h4-6,8,10,15H,2-3,7,9H2,1H3. The molecule has 2 aromatic rings. The van der Waals surface area contributed by atoms with Crippen molar-refractivity contribution < 1.29 is 14.0 Å². The highest BCUT2D eigenvalue weighted by atomic mass is 16.7. The number of benzene rings is 1. The Hall–Kier alpha value is -2.08. The molecule has 20 heavy (non-hydrogen) atoms. The molecule has 1 aliphatic rings. The third-order valence-corrected chi connectivity index (χ3v) is 3.32. The average molecular weight is 275 g/mol. The van der Waals surface area contributed by atoms with E-state index in [0.717, 1.165) is 24.3 Å². The molecule has 0 fully saturated rings. The molecular formula is C14H17N3O3. The van der Waals surface area contributed by atoms with Gasteiger partial charge in [-0.05, 0) is 37.5 Å². The lowest BCUT2D eigenvalue weighted by Crippen LogP contribution is -2.26. The molecule has 0 bridgehead atoms. The van der Waals surface area contributed by atoms with Crippen LogP contribution in [0.5, 0.6) is 11.5 Å². The molecule has 0 aliphatic carbocycles. The molecule has 6 heteroatoms. The molecular weight excluding hydrogens is 258 g/mol. The molecule has 0 saturated heterocycles. The number of rotatable bonds is 6. The number of hydrogen-bond donors (Lipinski definition) is 1. The van der Waals surface area contributed by atoms with E-state index >= 15 is 0 Å². The van der Waals surface area contributed by atoms with Crippen LogP contribution in [-0.4, -0.2) is 23.0 Å². The van der Waals surface area contributed by atoms with Crippen LogP contribution in [0.4, 0.5) is 0 Å². The van der Waals surface area contributed by atoms with Crippen molar-refractivity contribution in [1.82, 2.24) is 15.5 Å². The SMILES string of the molecule is CC(CCc1ccc2c(c1)OCO2)NCc1ncon1. The van der Waals surface area contributed by atoms with E-state index in [9.17, 15) is 0 Å². The molecule has 1 N–H and O–H groups in total. The smallest absolute Gasteiger partial charge is 0.231 e. The molecule has 106 valence electrons. The van der Waals surface area contributed by atoms with Crippen molar-refractivity contribution in [3.8, 4) is 11.5 Å². The summed E-state index contributed by atoms with van der Waals surface area (Å²) in [4.78, 5) is 3.98. The molecule has 1 aromatic carbocycles. The highest BCUT2D eigenvalue weighted by molar-refractivity contribution is 5.44. The van der Waals surface area contributed by atoms with Gasteiger partial charge < -0.3 is 19.3 Å². The summed E-state index contributed by atoms with van der Waals surface area (Å²) in [6, 6.07) is 6.47. The maximum Gasteiger partial charge on any atom is 0.231 e. The van der Waals surface area contributed by atoms with Gasteiger partial charge in [0.15, 0.2) is 17.3 Å². The lowest BCUT2D eigenvalue weighted by molar-refractivity contribution is 0.174. The van der Waals surface area contributed by atoms with Gasteiger partial charge in [0.2, 0.25) is 13.2 Å². The van der Waals surface area contributed by atoms with Gasteiger partial charge >= 0.3 is 0 Å². The average Bonchev–Trinajstić information content (AvgIpc) is 3.13. The summed E-state index contributed by atoms with van der Waals surface area (Å²) in [6.45, 7) is 3.09. The third-order valence-electron chi connectivity index (χ3n) is 3.32. The van der Waals surface area contributed by atoms with Crippen molar-refractivity contribution >= 4 is 0 Å². The second-order valence-electron chi connectivity index (χ2n) is 4.86. The van der Waals surface area contributed by atoms with Gasteiger partial charge in [0.1, 0.15) is 0 Å². The van der Waals surface area contributed by atoms with E-state index in [1.54, 1.807) is 0 Å². The summed E-state index contributed by atoms with van der Waals surface area (Å²) in [6.07, 6.45) is 3.35. The number of nitrogens with one attached hydrogen (secondary N) is 1. The largest absolute Gasteiger partial charge is 0.454 e. The number of hydrogen-bond acceptors (Lipinski definition) is 6. The van der Waals surface area contributed by atoms with E-state index in [-0.39, 0.29) is 0 Å². The van der Waals surface area contributed by atoms with Gasteiger partial charge in [0.05, 0.1) is 6.54 Å². The minimum Gasteiger partial charge on any atom is -0.454 e. The second kappa shape index (κ2) is 5.92. The lowest BCUT2D eigenvalue weighted by atomic mass is 10.1. The summed E-state index contributed by atoms with van der Waals surface area (Å²) < 4.78 is 15.4. The molecule has 1 aromatic heterocycles. The Labute approximate surface area is 117 Å². The van der Waals surface area contributed by atoms with Crippen molar-refractivity contribution in [2.24, 2.45) is 0 Å². The molecule has 1 atom stereocenters. The van der Waals surface area contributed by atoms with Crippen molar-refractivity contribution in [3.05, 3.63) is 36.0 Å². The molecule has 6 nitrogen and oxygen atoms in total. The Morgan fingerprint density at radius 1 is 1.30 bits per heavy atom. The van der Waals surface area contributed by atoms with E-state index in [0.29, 0.717) is 25.2 Å². The summed E-state index contributed by atoms with van der Waals surface area (Å²) >= 11 is 0. The van der Waals surface area contributed by atoms with Crippen LogP contribution < -0.4 is 14.8 Å². The second-order valence-corrected chi connectivity index (χ2v) is 4.86. The van der Waals surface area contributed by atoms with Crippen LogP contribution in [0.1, 0.15) is 24.7 Å². The zero-order valence-electron chi connectivity index (χ0n) is 11.3. The van der Waals surface area contributed by atoms with Crippen LogP contribution in [0.15, 0.2) is 29.1 Å². The Bertz CT molecular complexity index is 557. The number of aromatic nitrogens is 2. The maximum atomic E-state index is 5.38. The summed E-state index contributed by atoms with van der Waals surface area (Å²) in [5.41, 5.74) is 1.25. The zero-order valence-corrected chi connectivity index (χ0v) is 11.3. The first-order valence-electron chi connectivity index (χ1n) is 6.68. The Morgan fingerprint density at radius 3 is 3.05 bits per heavy atom. The van der Waals surface area contributed by atoms with E-state index in [1.807, 2.05) is 12.1 Å². The van der Waals surface area contributed by atoms with Crippen LogP contribution in [0.25, 0.3) is 0 Å². The molecule has 0 spiro atoms. The predicted octanol–water partition coefficient (Wildman–Crippen LogP) is 1.91. The van der Waals surface area contributed by atoms with Crippen molar-refractivity contribution in [3.63, 3.8) is 0 Å². The minimum atomic E-state index is 0.321. The van der Waals surface area contributed by atoms with Gasteiger partial charge in [-0.1, -0.05) is 11.2 Å². The van der Waals surface area contributed by atoms with Crippen molar-refractivity contribution in [2.75, 3.05) is 6.79 Å². The first kappa shape index (κ1) is 12.9. The number of fused-ring (bicyclic) bond motifs is 1. The maximum absolute atomic E-state index is 5.38. The van der Waals surface area contributed by atoms with Crippen LogP contribution in [-0.2, 0) is 13.0 Å². The summed E-state index contributed by atoms with van der Waals surface area (Å²) in [7, 11) is 0. The predicted molar refractivity (Wildman–Crippen MR) is 71.5 cm³/mol. The zero-order chi connectivity index (χ0) is 13.8. The Balaban J connectivity index is 1.46. The number of nitrogens with zero attached hydrogens (tertiary/aromatic N) is 2. The fourth-order valence-corrected chi connectivity index (χ4v) is 2.12. The van der Waals surface area contributed by atoms with Gasteiger partial charge in [-0.2, -0.15) is 4.98 Å². The van der Waals surface area contributed by atoms with Crippen molar-refractivity contribution in [2.45, 2.75) is 32.4 Å². The molecule has 1 unspecified atom stereocenters. The first-order chi connectivity index (χ1) is 9.81. The summed E-state index contributed by atoms with van der Waals surface area (Å²) in [5.74, 6) is 2.35. The quantitative estimate of drug-likeness (QED) is 0.868. The van der Waals surface area contributed by atoms with Crippen LogP contribution in [0, 0.1) is 0 Å². The third kappa shape index (κ3) is 3.08. The van der Waals surface area contributed by atoms with E-state index in [4.69, 9.17) is 14.0 Å². The van der Waals surface area contributed by atoms with E-state index < -0.39 is 0 Å². The molecule has 0 amide bonds. The first-order valence-corrected chi connectivity index (χ1v) is 6.68. The van der Waals surface area contributed by atoms with Crippen LogP contribution >= 0.6 is 0 Å². The van der Waals surface area contributed by atoms with E-state index in [2.05, 4.69) is 28.4 Å². The Morgan fingerprint density at radius 2 is 2.20 bits per heavy atom. The minimum absolute atomic E-state index is 0.321. The topological polar surface area (TPSA) is 69.4 Å². The number of ether oxygens (including phenoxy) is 2. The summed E-state index contributed by atoms with van der Waals surface area (Å²) in [5, 5.41) is 7.13. The fraction of sp³-hybridized carbons (Fsp3) is 0.429. The molecule has 1 aliphatic heterocycles.